The smallest absolute Gasteiger partial charge is 0.163 e. The highest BCUT2D eigenvalue weighted by atomic mass is 35.5. The summed E-state index contributed by atoms with van der Waals surface area (Å²) in [5.74, 6) is 1.82. The van der Waals surface area contributed by atoms with Crippen LogP contribution in [0.1, 0.15) is 16.8 Å². The molecule has 0 saturated carbocycles. The Kier molecular flexibility index (Phi) is 5.22. The quantitative estimate of drug-likeness (QED) is 0.516. The average Bonchev–Trinajstić information content (AvgIpc) is 3.04. The van der Waals surface area contributed by atoms with E-state index >= 15 is 0 Å². The molecule has 4 rings (SSSR count). The van der Waals surface area contributed by atoms with Crippen LogP contribution in [0.25, 0.3) is 11.0 Å². The van der Waals surface area contributed by atoms with E-state index in [0.29, 0.717) is 45.7 Å². The van der Waals surface area contributed by atoms with Gasteiger partial charge >= 0.3 is 0 Å². The lowest BCUT2D eigenvalue weighted by atomic mass is 10.2. The van der Waals surface area contributed by atoms with Crippen molar-refractivity contribution in [3.63, 3.8) is 0 Å². The lowest BCUT2D eigenvalue weighted by Gasteiger charge is -2.12. The van der Waals surface area contributed by atoms with E-state index in [1.54, 1.807) is 4.68 Å². The standard InChI is InChI=1S/C21H20ClN5O2/c1-13-3-8-16(28-10-14-4-6-15(22)7-5-14)9-18(13)29-11-17-19-20(23)24-12-25-21(19)27(2)26-17/h3-9,12H,10-11H2,1-2H3,(H2,23,24,25). The van der Waals surface area contributed by atoms with Gasteiger partial charge in [-0.05, 0) is 36.2 Å². The third kappa shape index (κ3) is 4.09. The number of fused-ring (bicyclic) bond motifs is 1. The maximum absolute atomic E-state index is 6.02. The monoisotopic (exact) mass is 409 g/mol. The molecule has 2 N–H and O–H groups in total. The van der Waals surface area contributed by atoms with Gasteiger partial charge in [-0.15, -0.1) is 0 Å². The second-order valence-corrected chi connectivity index (χ2v) is 7.10. The zero-order valence-electron chi connectivity index (χ0n) is 16.1. The largest absolute Gasteiger partial charge is 0.489 e. The summed E-state index contributed by atoms with van der Waals surface area (Å²) in [6, 6.07) is 13.3. The molecule has 2 heterocycles. The van der Waals surface area contributed by atoms with Crippen LogP contribution in [0, 0.1) is 6.92 Å². The minimum atomic E-state index is 0.246. The van der Waals surface area contributed by atoms with Crippen molar-refractivity contribution in [2.75, 3.05) is 5.73 Å². The highest BCUT2D eigenvalue weighted by molar-refractivity contribution is 6.30. The number of benzene rings is 2. The fourth-order valence-corrected chi connectivity index (χ4v) is 3.14. The highest BCUT2D eigenvalue weighted by Crippen LogP contribution is 2.27. The maximum atomic E-state index is 6.02. The summed E-state index contributed by atoms with van der Waals surface area (Å²) in [7, 11) is 1.81. The molecule has 0 bridgehead atoms. The second-order valence-electron chi connectivity index (χ2n) is 6.66. The molecule has 0 unspecified atom stereocenters. The van der Waals surface area contributed by atoms with Crippen LogP contribution in [0.5, 0.6) is 11.5 Å². The molecule has 0 fully saturated rings. The van der Waals surface area contributed by atoms with Gasteiger partial charge < -0.3 is 15.2 Å². The predicted octanol–water partition coefficient (Wildman–Crippen LogP) is 4.07. The van der Waals surface area contributed by atoms with E-state index in [2.05, 4.69) is 15.1 Å². The Bertz CT molecular complexity index is 1160. The number of rotatable bonds is 6. The van der Waals surface area contributed by atoms with Gasteiger partial charge in [-0.3, -0.25) is 0 Å². The van der Waals surface area contributed by atoms with Gasteiger partial charge in [-0.1, -0.05) is 29.8 Å². The van der Waals surface area contributed by atoms with Crippen LogP contribution in [-0.2, 0) is 20.3 Å². The van der Waals surface area contributed by atoms with Gasteiger partial charge in [0.15, 0.2) is 5.65 Å². The second kappa shape index (κ2) is 7.97. The first kappa shape index (κ1) is 19.0. The minimum Gasteiger partial charge on any atom is -0.489 e. The first-order valence-electron chi connectivity index (χ1n) is 9.04. The summed E-state index contributed by atoms with van der Waals surface area (Å²) >= 11 is 5.92. The van der Waals surface area contributed by atoms with Crippen LogP contribution in [0.3, 0.4) is 0 Å². The fourth-order valence-electron chi connectivity index (χ4n) is 3.01. The van der Waals surface area contributed by atoms with Crippen molar-refractivity contribution in [3.05, 3.63) is 70.6 Å². The molecule has 0 aliphatic carbocycles. The van der Waals surface area contributed by atoms with Crippen molar-refractivity contribution < 1.29 is 9.47 Å². The van der Waals surface area contributed by atoms with Crippen molar-refractivity contribution in [1.29, 1.82) is 0 Å². The maximum Gasteiger partial charge on any atom is 0.163 e. The number of hydrogen-bond donors (Lipinski definition) is 1. The molecule has 0 aliphatic heterocycles. The van der Waals surface area contributed by atoms with E-state index in [1.807, 2.05) is 56.4 Å². The van der Waals surface area contributed by atoms with Gasteiger partial charge in [0.05, 0.1) is 5.39 Å². The Morgan fingerprint density at radius 2 is 1.83 bits per heavy atom. The summed E-state index contributed by atoms with van der Waals surface area (Å²) in [6.45, 7) is 2.67. The van der Waals surface area contributed by atoms with Crippen molar-refractivity contribution in [3.8, 4) is 11.5 Å². The Hall–Kier alpha value is -3.32. The summed E-state index contributed by atoms with van der Waals surface area (Å²) in [4.78, 5) is 8.29. The Balaban J connectivity index is 1.49. The van der Waals surface area contributed by atoms with E-state index < -0.39 is 0 Å². The SMILES string of the molecule is Cc1ccc(OCc2ccc(Cl)cc2)cc1OCc1nn(C)c2ncnc(N)c12. The van der Waals surface area contributed by atoms with E-state index in [0.717, 1.165) is 11.1 Å². The van der Waals surface area contributed by atoms with E-state index in [1.165, 1.54) is 6.33 Å². The predicted molar refractivity (Wildman–Crippen MR) is 112 cm³/mol. The van der Waals surface area contributed by atoms with Crippen LogP contribution in [0.2, 0.25) is 5.02 Å². The van der Waals surface area contributed by atoms with Crippen LogP contribution >= 0.6 is 11.6 Å². The first-order valence-corrected chi connectivity index (χ1v) is 9.42. The van der Waals surface area contributed by atoms with E-state index in [4.69, 9.17) is 26.8 Å². The Morgan fingerprint density at radius 3 is 2.62 bits per heavy atom. The van der Waals surface area contributed by atoms with Gasteiger partial charge in [0.2, 0.25) is 0 Å². The van der Waals surface area contributed by atoms with Crippen LogP contribution < -0.4 is 15.2 Å². The Morgan fingerprint density at radius 1 is 1.03 bits per heavy atom. The van der Waals surface area contributed by atoms with Gasteiger partial charge in [-0.25, -0.2) is 14.6 Å². The summed E-state index contributed by atoms with van der Waals surface area (Å²) in [5, 5.41) is 5.88. The topological polar surface area (TPSA) is 88.1 Å². The molecule has 0 radical (unpaired) electrons. The average molecular weight is 410 g/mol. The molecule has 2 aromatic carbocycles. The van der Waals surface area contributed by atoms with Gasteiger partial charge in [0, 0.05) is 18.1 Å². The van der Waals surface area contributed by atoms with Crippen LogP contribution in [0.4, 0.5) is 5.82 Å². The zero-order chi connectivity index (χ0) is 20.4. The fraction of sp³-hybridized carbons (Fsp3) is 0.190. The normalized spacial score (nSPS) is 11.0. The summed E-state index contributed by atoms with van der Waals surface area (Å²) in [6.07, 6.45) is 1.43. The van der Waals surface area contributed by atoms with Crippen LogP contribution in [0.15, 0.2) is 48.8 Å². The number of aryl methyl sites for hydroxylation is 2. The van der Waals surface area contributed by atoms with Gasteiger partial charge in [0.1, 0.15) is 42.6 Å². The number of nitrogens with zero attached hydrogens (tertiary/aromatic N) is 4. The lowest BCUT2D eigenvalue weighted by molar-refractivity contribution is 0.286. The summed E-state index contributed by atoms with van der Waals surface area (Å²) in [5.41, 5.74) is 9.40. The number of hydrogen-bond acceptors (Lipinski definition) is 6. The minimum absolute atomic E-state index is 0.246. The molecule has 8 heteroatoms. The number of anilines is 1. The highest BCUT2D eigenvalue weighted by Gasteiger charge is 2.14. The molecular weight excluding hydrogens is 390 g/mol. The molecule has 2 aromatic heterocycles. The van der Waals surface area contributed by atoms with Crippen molar-refractivity contribution >= 4 is 28.5 Å². The third-order valence-corrected chi connectivity index (χ3v) is 4.82. The molecule has 0 amide bonds. The number of halogens is 1. The molecular formula is C21H20ClN5O2. The third-order valence-electron chi connectivity index (χ3n) is 4.57. The summed E-state index contributed by atoms with van der Waals surface area (Å²) < 4.78 is 13.6. The van der Waals surface area contributed by atoms with Crippen molar-refractivity contribution in [2.24, 2.45) is 7.05 Å². The molecule has 0 aliphatic rings. The van der Waals surface area contributed by atoms with Crippen molar-refractivity contribution in [2.45, 2.75) is 20.1 Å². The molecule has 148 valence electrons. The molecule has 7 nitrogen and oxygen atoms in total. The zero-order valence-corrected chi connectivity index (χ0v) is 16.8. The number of ether oxygens (including phenoxy) is 2. The van der Waals surface area contributed by atoms with E-state index in [-0.39, 0.29) is 6.61 Å². The molecule has 0 spiro atoms. The van der Waals surface area contributed by atoms with Crippen molar-refractivity contribution in [1.82, 2.24) is 19.7 Å². The van der Waals surface area contributed by atoms with Gasteiger partial charge in [0.25, 0.3) is 0 Å². The number of nitrogen functional groups attached to an aromatic ring is 1. The first-order chi connectivity index (χ1) is 14.0. The molecule has 29 heavy (non-hydrogen) atoms. The lowest BCUT2D eigenvalue weighted by Crippen LogP contribution is -2.01. The molecule has 0 atom stereocenters. The molecule has 4 aromatic rings. The number of nitrogens with two attached hydrogens (primary N) is 1. The number of aromatic nitrogens is 4. The van der Waals surface area contributed by atoms with Crippen LogP contribution in [-0.4, -0.2) is 19.7 Å². The Labute approximate surface area is 173 Å². The van der Waals surface area contributed by atoms with E-state index in [9.17, 15) is 0 Å². The van der Waals surface area contributed by atoms with Gasteiger partial charge in [-0.2, -0.15) is 5.10 Å². The molecule has 0 saturated heterocycles.